The highest BCUT2D eigenvalue weighted by Gasteiger charge is 2.17. The number of halogens is 2. The first-order chi connectivity index (χ1) is 10.4. The molecular weight excluding hydrogens is 316 g/mol. The summed E-state index contributed by atoms with van der Waals surface area (Å²) in [4.78, 5) is -0.0276. The van der Waals surface area contributed by atoms with Crippen molar-refractivity contribution >= 4 is 15.7 Å². The van der Waals surface area contributed by atoms with Crippen LogP contribution in [0.2, 0.25) is 0 Å². The first-order valence-corrected chi connectivity index (χ1v) is 7.61. The predicted molar refractivity (Wildman–Crippen MR) is 76.9 cm³/mol. The smallest absolute Gasteiger partial charge is 0.387 e. The molecule has 0 radical (unpaired) electrons. The second kappa shape index (κ2) is 6.61. The quantitative estimate of drug-likeness (QED) is 0.884. The Morgan fingerprint density at radius 2 is 1.68 bits per heavy atom. The highest BCUT2D eigenvalue weighted by atomic mass is 32.2. The normalized spacial score (nSPS) is 11.3. The summed E-state index contributed by atoms with van der Waals surface area (Å²) in [6, 6.07) is 11.2. The molecule has 0 saturated carbocycles. The SMILES string of the molecule is COc1ccc(S(=O)(=O)Nc2ccccc2OC(F)F)cc1. The van der Waals surface area contributed by atoms with Gasteiger partial charge in [-0.05, 0) is 36.4 Å². The van der Waals surface area contributed by atoms with Crippen LogP contribution in [0.15, 0.2) is 53.4 Å². The zero-order valence-electron chi connectivity index (χ0n) is 11.5. The highest BCUT2D eigenvalue weighted by Crippen LogP contribution is 2.28. The molecule has 0 aromatic heterocycles. The van der Waals surface area contributed by atoms with E-state index in [-0.39, 0.29) is 16.3 Å². The number of hydrogen-bond acceptors (Lipinski definition) is 4. The predicted octanol–water partition coefficient (Wildman–Crippen LogP) is 3.10. The molecule has 0 saturated heterocycles. The molecule has 118 valence electrons. The molecule has 0 unspecified atom stereocenters. The van der Waals surface area contributed by atoms with Crippen LogP contribution in [-0.2, 0) is 10.0 Å². The van der Waals surface area contributed by atoms with Crippen molar-refractivity contribution in [2.45, 2.75) is 11.5 Å². The van der Waals surface area contributed by atoms with Crippen molar-refractivity contribution in [1.29, 1.82) is 0 Å². The van der Waals surface area contributed by atoms with Gasteiger partial charge in [0.05, 0.1) is 17.7 Å². The molecule has 0 aliphatic rings. The zero-order chi connectivity index (χ0) is 16.2. The van der Waals surface area contributed by atoms with Crippen LogP contribution in [0.1, 0.15) is 0 Å². The molecule has 0 aliphatic heterocycles. The summed E-state index contributed by atoms with van der Waals surface area (Å²) >= 11 is 0. The molecule has 1 N–H and O–H groups in total. The Bertz CT molecular complexity index is 733. The number of anilines is 1. The fraction of sp³-hybridized carbons (Fsp3) is 0.143. The average molecular weight is 329 g/mol. The van der Waals surface area contributed by atoms with Crippen LogP contribution >= 0.6 is 0 Å². The van der Waals surface area contributed by atoms with Gasteiger partial charge in [0.1, 0.15) is 11.5 Å². The van der Waals surface area contributed by atoms with Gasteiger partial charge in [-0.25, -0.2) is 8.42 Å². The van der Waals surface area contributed by atoms with Gasteiger partial charge in [0.2, 0.25) is 0 Å². The first-order valence-electron chi connectivity index (χ1n) is 6.13. The number of ether oxygens (including phenoxy) is 2. The van der Waals surface area contributed by atoms with Crippen LogP contribution in [0.4, 0.5) is 14.5 Å². The first kappa shape index (κ1) is 16.0. The van der Waals surface area contributed by atoms with Crippen LogP contribution in [-0.4, -0.2) is 22.1 Å². The Morgan fingerprint density at radius 1 is 1.05 bits per heavy atom. The Morgan fingerprint density at radius 3 is 2.27 bits per heavy atom. The molecule has 2 aromatic rings. The van der Waals surface area contributed by atoms with E-state index in [1.807, 2.05) is 0 Å². The van der Waals surface area contributed by atoms with Crippen LogP contribution in [0, 0.1) is 0 Å². The van der Waals surface area contributed by atoms with Crippen molar-refractivity contribution in [3.05, 3.63) is 48.5 Å². The van der Waals surface area contributed by atoms with Gasteiger partial charge in [-0.15, -0.1) is 0 Å². The number of para-hydroxylation sites is 2. The molecule has 2 aromatic carbocycles. The molecule has 0 aliphatic carbocycles. The Kier molecular flexibility index (Phi) is 4.81. The lowest BCUT2D eigenvalue weighted by atomic mass is 10.3. The van der Waals surface area contributed by atoms with E-state index in [2.05, 4.69) is 9.46 Å². The minimum atomic E-state index is -3.93. The maximum atomic E-state index is 12.3. The van der Waals surface area contributed by atoms with E-state index in [0.29, 0.717) is 5.75 Å². The van der Waals surface area contributed by atoms with Gasteiger partial charge >= 0.3 is 6.61 Å². The van der Waals surface area contributed by atoms with E-state index in [0.717, 1.165) is 0 Å². The number of sulfonamides is 1. The van der Waals surface area contributed by atoms with Crippen LogP contribution in [0.5, 0.6) is 11.5 Å². The van der Waals surface area contributed by atoms with Crippen molar-refractivity contribution in [3.63, 3.8) is 0 Å². The summed E-state index contributed by atoms with van der Waals surface area (Å²) in [5.41, 5.74) is -0.0707. The van der Waals surface area contributed by atoms with E-state index in [1.165, 1.54) is 55.6 Å². The second-order valence-corrected chi connectivity index (χ2v) is 5.84. The summed E-state index contributed by atoms with van der Waals surface area (Å²) in [6.07, 6.45) is 0. The van der Waals surface area contributed by atoms with Gasteiger partial charge in [0.15, 0.2) is 0 Å². The third-order valence-corrected chi connectivity index (χ3v) is 4.10. The number of nitrogens with one attached hydrogen (secondary N) is 1. The summed E-state index contributed by atoms with van der Waals surface area (Å²) < 4.78 is 60.6. The van der Waals surface area contributed by atoms with Crippen LogP contribution < -0.4 is 14.2 Å². The molecule has 0 heterocycles. The van der Waals surface area contributed by atoms with Gasteiger partial charge in [-0.2, -0.15) is 8.78 Å². The fourth-order valence-electron chi connectivity index (χ4n) is 1.71. The summed E-state index contributed by atoms with van der Waals surface area (Å²) in [5, 5.41) is 0. The number of benzene rings is 2. The van der Waals surface area contributed by atoms with E-state index < -0.39 is 16.6 Å². The van der Waals surface area contributed by atoms with E-state index in [9.17, 15) is 17.2 Å². The van der Waals surface area contributed by atoms with E-state index >= 15 is 0 Å². The lowest BCUT2D eigenvalue weighted by Crippen LogP contribution is -2.14. The van der Waals surface area contributed by atoms with Gasteiger partial charge in [-0.3, -0.25) is 4.72 Å². The Balaban J connectivity index is 2.28. The Hall–Kier alpha value is -2.35. The summed E-state index contributed by atoms with van der Waals surface area (Å²) in [5.74, 6) is 0.245. The number of alkyl halides is 2. The molecule has 0 atom stereocenters. The minimum Gasteiger partial charge on any atom is -0.497 e. The molecule has 0 fully saturated rings. The van der Waals surface area contributed by atoms with Crippen molar-refractivity contribution in [2.75, 3.05) is 11.8 Å². The topological polar surface area (TPSA) is 64.6 Å². The highest BCUT2D eigenvalue weighted by molar-refractivity contribution is 7.92. The maximum Gasteiger partial charge on any atom is 0.387 e. The molecular formula is C14H13F2NO4S. The standard InChI is InChI=1S/C14H13F2NO4S/c1-20-10-6-8-11(9-7-10)22(18,19)17-12-4-2-3-5-13(12)21-14(15)16/h2-9,14,17H,1H3. The third-order valence-electron chi connectivity index (χ3n) is 2.72. The number of rotatable bonds is 6. The fourth-order valence-corrected chi connectivity index (χ4v) is 2.78. The van der Waals surface area contributed by atoms with Crippen molar-refractivity contribution in [3.8, 4) is 11.5 Å². The van der Waals surface area contributed by atoms with Gasteiger partial charge in [0.25, 0.3) is 10.0 Å². The van der Waals surface area contributed by atoms with Crippen LogP contribution in [0.3, 0.4) is 0 Å². The molecule has 8 heteroatoms. The molecule has 22 heavy (non-hydrogen) atoms. The van der Waals surface area contributed by atoms with Gasteiger partial charge in [0, 0.05) is 0 Å². The monoisotopic (exact) mass is 329 g/mol. The van der Waals surface area contributed by atoms with Crippen molar-refractivity contribution in [2.24, 2.45) is 0 Å². The molecule has 0 bridgehead atoms. The molecule has 0 spiro atoms. The lowest BCUT2D eigenvalue weighted by molar-refractivity contribution is -0.0493. The summed E-state index contributed by atoms with van der Waals surface area (Å²) in [6.45, 7) is -3.05. The zero-order valence-corrected chi connectivity index (χ0v) is 12.3. The van der Waals surface area contributed by atoms with Crippen molar-refractivity contribution in [1.82, 2.24) is 0 Å². The van der Waals surface area contributed by atoms with Gasteiger partial charge in [-0.1, -0.05) is 12.1 Å². The number of methoxy groups -OCH3 is 1. The lowest BCUT2D eigenvalue weighted by Gasteiger charge is -2.13. The average Bonchev–Trinajstić information content (AvgIpc) is 2.48. The van der Waals surface area contributed by atoms with Crippen LogP contribution in [0.25, 0.3) is 0 Å². The number of hydrogen-bond donors (Lipinski definition) is 1. The molecule has 0 amide bonds. The summed E-state index contributed by atoms with van der Waals surface area (Å²) in [7, 11) is -2.47. The minimum absolute atomic E-state index is 0.0276. The Labute approximate surface area is 126 Å². The molecule has 5 nitrogen and oxygen atoms in total. The third kappa shape index (κ3) is 3.85. The van der Waals surface area contributed by atoms with Crippen molar-refractivity contribution < 1.29 is 26.7 Å². The maximum absolute atomic E-state index is 12.3. The largest absolute Gasteiger partial charge is 0.497 e. The van der Waals surface area contributed by atoms with E-state index in [4.69, 9.17) is 4.74 Å². The van der Waals surface area contributed by atoms with E-state index in [1.54, 1.807) is 0 Å². The molecule has 2 rings (SSSR count). The van der Waals surface area contributed by atoms with Gasteiger partial charge < -0.3 is 9.47 Å². The second-order valence-electron chi connectivity index (χ2n) is 4.16.